The fourth-order valence-corrected chi connectivity index (χ4v) is 7.55. The number of nitrogens with zero attached hydrogens (tertiary/aromatic N) is 1. The molecule has 0 unspecified atom stereocenters. The summed E-state index contributed by atoms with van der Waals surface area (Å²) in [6, 6.07) is 13.0. The van der Waals surface area contributed by atoms with Crippen molar-refractivity contribution < 1.29 is 9.84 Å². The molecule has 3 heterocycles. The van der Waals surface area contributed by atoms with Gasteiger partial charge in [0.1, 0.15) is 0 Å². The van der Waals surface area contributed by atoms with Crippen LogP contribution in [-0.4, -0.2) is 46.7 Å². The topological polar surface area (TPSA) is 60.5 Å². The highest BCUT2D eigenvalue weighted by atomic mass is 16.5. The first-order chi connectivity index (χ1) is 14.6. The average molecular weight is 402 g/mol. The number of ether oxygens (including phenoxy) is 1. The van der Waals surface area contributed by atoms with Crippen LogP contribution in [0, 0.1) is 0 Å². The summed E-state index contributed by atoms with van der Waals surface area (Å²) in [5.41, 5.74) is 6.08. The first-order valence-corrected chi connectivity index (χ1v) is 11.2. The maximum absolute atomic E-state index is 10.8. The first-order valence-electron chi connectivity index (χ1n) is 11.2. The zero-order valence-corrected chi connectivity index (χ0v) is 17.5. The average Bonchev–Trinajstić information content (AvgIpc) is 3.28. The monoisotopic (exact) mass is 401 g/mol. The first kappa shape index (κ1) is 17.2. The lowest BCUT2D eigenvalue weighted by Gasteiger charge is -2.65. The number of hydrogen-bond acceptors (Lipinski definition) is 4. The van der Waals surface area contributed by atoms with E-state index in [4.69, 9.17) is 4.74 Å². The fraction of sp³-hybridized carbons (Fsp3) is 0.440. The summed E-state index contributed by atoms with van der Waals surface area (Å²) in [7, 11) is 2.28. The number of nitrogens with one attached hydrogen (secondary N) is 2. The van der Waals surface area contributed by atoms with Gasteiger partial charge in [-0.3, -0.25) is 0 Å². The Morgan fingerprint density at radius 2 is 2.13 bits per heavy atom. The Morgan fingerprint density at radius 1 is 1.27 bits per heavy atom. The summed E-state index contributed by atoms with van der Waals surface area (Å²) in [6.07, 6.45) is 2.88. The fourth-order valence-electron chi connectivity index (χ4n) is 7.55. The number of likely N-dealkylation sites (N-methyl/N-ethyl adjacent to an activating group) is 2. The van der Waals surface area contributed by atoms with Gasteiger partial charge in [-0.15, -0.1) is 0 Å². The summed E-state index contributed by atoms with van der Waals surface area (Å²) in [5.74, 6) is 0.993. The van der Waals surface area contributed by atoms with Crippen molar-refractivity contribution in [2.24, 2.45) is 0 Å². The third kappa shape index (κ3) is 1.68. The molecule has 1 spiro atoms. The second-order valence-corrected chi connectivity index (χ2v) is 9.61. The van der Waals surface area contributed by atoms with Gasteiger partial charge in [0, 0.05) is 22.5 Å². The van der Waals surface area contributed by atoms with E-state index in [1.165, 1.54) is 33.3 Å². The van der Waals surface area contributed by atoms with Gasteiger partial charge in [0.05, 0.1) is 16.6 Å². The largest absolute Gasteiger partial charge is 0.504 e. The van der Waals surface area contributed by atoms with Crippen molar-refractivity contribution in [2.75, 3.05) is 20.1 Å². The van der Waals surface area contributed by atoms with E-state index in [1.807, 2.05) is 6.07 Å². The molecule has 2 bridgehead atoms. The molecular weight excluding hydrogens is 374 g/mol. The third-order valence-electron chi connectivity index (χ3n) is 8.58. The molecule has 2 aromatic carbocycles. The number of aromatic hydroxyl groups is 1. The van der Waals surface area contributed by atoms with Crippen LogP contribution in [0.15, 0.2) is 36.4 Å². The zero-order valence-electron chi connectivity index (χ0n) is 17.5. The number of piperidine rings is 1. The number of phenols is 1. The van der Waals surface area contributed by atoms with Gasteiger partial charge in [0.25, 0.3) is 0 Å². The summed E-state index contributed by atoms with van der Waals surface area (Å²) < 4.78 is 6.73. The minimum atomic E-state index is -0.171. The molecule has 4 atom stereocenters. The van der Waals surface area contributed by atoms with Gasteiger partial charge in [-0.25, -0.2) is 0 Å². The van der Waals surface area contributed by atoms with Gasteiger partial charge in [-0.05, 0) is 62.7 Å². The Labute approximate surface area is 176 Å². The Morgan fingerprint density at radius 3 is 3.00 bits per heavy atom. The van der Waals surface area contributed by atoms with Crippen LogP contribution in [0.4, 0.5) is 0 Å². The normalized spacial score (nSPS) is 33.3. The second-order valence-electron chi connectivity index (χ2n) is 9.61. The maximum Gasteiger partial charge on any atom is 0.166 e. The van der Waals surface area contributed by atoms with Crippen LogP contribution in [0.5, 0.6) is 11.5 Å². The minimum Gasteiger partial charge on any atom is -0.504 e. The molecule has 2 aliphatic heterocycles. The van der Waals surface area contributed by atoms with Gasteiger partial charge in [0.2, 0.25) is 0 Å². The van der Waals surface area contributed by atoms with Gasteiger partial charge in [0.15, 0.2) is 17.6 Å². The number of aromatic nitrogens is 1. The summed E-state index contributed by atoms with van der Waals surface area (Å²) in [4.78, 5) is 6.28. The molecule has 5 heteroatoms. The van der Waals surface area contributed by atoms with Crippen molar-refractivity contribution in [2.45, 2.75) is 49.3 Å². The van der Waals surface area contributed by atoms with Crippen molar-refractivity contribution in [1.82, 2.24) is 15.2 Å². The molecule has 3 aromatic rings. The molecule has 0 radical (unpaired) electrons. The Kier molecular flexibility index (Phi) is 3.10. The number of fused-ring (bicyclic) bond motifs is 4. The van der Waals surface area contributed by atoms with E-state index in [2.05, 4.69) is 59.5 Å². The number of rotatable bonds is 2. The quantitative estimate of drug-likeness (QED) is 0.616. The van der Waals surface area contributed by atoms with Gasteiger partial charge < -0.3 is 25.0 Å². The molecule has 4 aliphatic rings. The highest BCUT2D eigenvalue weighted by molar-refractivity contribution is 5.86. The molecule has 5 nitrogen and oxygen atoms in total. The second kappa shape index (κ2) is 5.40. The third-order valence-corrected chi connectivity index (χ3v) is 8.58. The van der Waals surface area contributed by atoms with Crippen LogP contribution < -0.4 is 10.1 Å². The molecule has 1 fully saturated rings. The van der Waals surface area contributed by atoms with Crippen LogP contribution in [0.2, 0.25) is 0 Å². The minimum absolute atomic E-state index is 0.105. The van der Waals surface area contributed by atoms with E-state index in [0.29, 0.717) is 11.8 Å². The van der Waals surface area contributed by atoms with Gasteiger partial charge in [-0.1, -0.05) is 31.2 Å². The Bertz CT molecular complexity index is 1220. The number of aromatic amines is 1. The zero-order chi connectivity index (χ0) is 20.3. The van der Waals surface area contributed by atoms with Gasteiger partial charge in [-0.2, -0.15) is 0 Å². The van der Waals surface area contributed by atoms with Crippen molar-refractivity contribution in [3.63, 3.8) is 0 Å². The molecule has 154 valence electrons. The lowest BCUT2D eigenvalue weighted by molar-refractivity contribution is -0.0645. The Hall–Kier alpha value is -2.50. The molecule has 3 N–H and O–H groups in total. The predicted octanol–water partition coefficient (Wildman–Crippen LogP) is 3.41. The number of hydrogen-bond donors (Lipinski definition) is 3. The van der Waals surface area contributed by atoms with Crippen LogP contribution in [0.3, 0.4) is 0 Å². The van der Waals surface area contributed by atoms with Crippen LogP contribution in [0.1, 0.15) is 41.8 Å². The van der Waals surface area contributed by atoms with E-state index < -0.39 is 0 Å². The summed E-state index contributed by atoms with van der Waals surface area (Å²) in [5, 5.41) is 16.1. The highest BCUT2D eigenvalue weighted by Gasteiger charge is 2.72. The SMILES string of the molecule is CCN[C@@]12Cc3c([nH]c4ccccc34)[C@@H]3Oc4c(O)ccc5c4[C@@]31CCN(C)[C@H]2C5. The standard InChI is InChI=1S/C25H27N3O2/c1-3-26-25-13-16-15-6-4-5-7-17(15)27-21(16)23-24(25)10-11-28(2)19(25)12-14-8-9-18(29)22(30-23)20(14)24/h4-9,19,23,26-27,29H,3,10-13H2,1-2H3/t19-,23-,24-,25+/m0/s1. The number of H-pyrrole nitrogens is 1. The maximum atomic E-state index is 10.8. The van der Waals surface area contributed by atoms with Gasteiger partial charge >= 0.3 is 0 Å². The molecule has 1 saturated heterocycles. The smallest absolute Gasteiger partial charge is 0.166 e. The number of benzene rings is 2. The lowest BCUT2D eigenvalue weighted by Crippen LogP contribution is -2.79. The number of likely N-dealkylation sites (tertiary alicyclic amines) is 1. The van der Waals surface area contributed by atoms with Crippen LogP contribution in [-0.2, 0) is 18.3 Å². The van der Waals surface area contributed by atoms with E-state index >= 15 is 0 Å². The number of phenolic OH excluding ortho intramolecular Hbond substituents is 1. The molecular formula is C25H27N3O2. The molecule has 0 saturated carbocycles. The lowest BCUT2D eigenvalue weighted by atomic mass is 9.47. The van der Waals surface area contributed by atoms with Crippen molar-refractivity contribution >= 4 is 10.9 Å². The van der Waals surface area contributed by atoms with Crippen molar-refractivity contribution in [1.29, 1.82) is 0 Å². The molecule has 7 rings (SSSR count). The van der Waals surface area contributed by atoms with E-state index in [0.717, 1.165) is 32.4 Å². The highest BCUT2D eigenvalue weighted by Crippen LogP contribution is 2.68. The van der Waals surface area contributed by atoms with Crippen molar-refractivity contribution in [3.05, 3.63) is 58.8 Å². The summed E-state index contributed by atoms with van der Waals surface area (Å²) in [6.45, 7) is 4.18. The summed E-state index contributed by atoms with van der Waals surface area (Å²) >= 11 is 0. The molecule has 0 amide bonds. The van der Waals surface area contributed by atoms with E-state index in [9.17, 15) is 5.11 Å². The Balaban J connectivity index is 1.62. The molecule has 30 heavy (non-hydrogen) atoms. The molecule has 2 aliphatic carbocycles. The van der Waals surface area contributed by atoms with E-state index in [1.54, 1.807) is 0 Å². The van der Waals surface area contributed by atoms with Crippen LogP contribution in [0.25, 0.3) is 10.9 Å². The van der Waals surface area contributed by atoms with E-state index in [-0.39, 0.29) is 22.8 Å². The van der Waals surface area contributed by atoms with Crippen molar-refractivity contribution in [3.8, 4) is 11.5 Å². The number of para-hydroxylation sites is 1. The molecule has 1 aromatic heterocycles. The predicted molar refractivity (Wildman–Crippen MR) is 116 cm³/mol. The van der Waals surface area contributed by atoms with Crippen LogP contribution >= 0.6 is 0 Å².